The molecule has 0 fully saturated rings. The van der Waals surface area contributed by atoms with Gasteiger partial charge in [0.25, 0.3) is 6.43 Å². The highest BCUT2D eigenvalue weighted by atomic mass is 79.9. The minimum atomic E-state index is -2.76. The van der Waals surface area contributed by atoms with Crippen molar-refractivity contribution in [1.82, 2.24) is 4.98 Å². The Morgan fingerprint density at radius 3 is 2.64 bits per heavy atom. The molecule has 0 aromatic carbocycles. The normalized spacial score (nSPS) is 10.6. The van der Waals surface area contributed by atoms with E-state index in [1.165, 1.54) is 6.92 Å². The van der Waals surface area contributed by atoms with Crippen LogP contribution in [0.25, 0.3) is 0 Å². The van der Waals surface area contributed by atoms with Crippen LogP contribution in [0.3, 0.4) is 0 Å². The third-order valence-electron chi connectivity index (χ3n) is 1.63. The number of hydrogen-bond donors (Lipinski definition) is 0. The van der Waals surface area contributed by atoms with Crippen LogP contribution >= 0.6 is 15.9 Å². The number of hydrogen-bond acceptors (Lipinski definition) is 3. The van der Waals surface area contributed by atoms with E-state index in [0.29, 0.717) is 0 Å². The van der Waals surface area contributed by atoms with E-state index < -0.39 is 17.2 Å². The minimum Gasteiger partial charge on any atom is -0.358 e. The van der Waals surface area contributed by atoms with Crippen molar-refractivity contribution < 1.29 is 13.7 Å². The van der Waals surface area contributed by atoms with Crippen molar-refractivity contribution >= 4 is 21.7 Å². The summed E-state index contributed by atoms with van der Waals surface area (Å²) in [5, 5.41) is 10.4. The Morgan fingerprint density at radius 1 is 1.64 bits per heavy atom. The van der Waals surface area contributed by atoms with Gasteiger partial charge >= 0.3 is 5.82 Å². The lowest BCUT2D eigenvalue weighted by molar-refractivity contribution is -0.390. The monoisotopic (exact) mass is 266 g/mol. The van der Waals surface area contributed by atoms with Crippen molar-refractivity contribution in [3.05, 3.63) is 31.9 Å². The summed E-state index contributed by atoms with van der Waals surface area (Å²) in [6.45, 7) is 1.42. The quantitative estimate of drug-likeness (QED) is 0.611. The maximum atomic E-state index is 12.5. The molecule has 1 heterocycles. The number of alkyl halides is 2. The smallest absolute Gasteiger partial charge is 0.358 e. The SMILES string of the molecule is Cc1cnc([N+](=O)[O-])c(Br)c1C(F)F. The summed E-state index contributed by atoms with van der Waals surface area (Å²) in [6, 6.07) is 0. The average Bonchev–Trinajstić information content (AvgIpc) is 2.02. The molecule has 0 amide bonds. The highest BCUT2D eigenvalue weighted by Gasteiger charge is 2.24. The summed E-state index contributed by atoms with van der Waals surface area (Å²) < 4.78 is 24.7. The van der Waals surface area contributed by atoms with E-state index in [0.717, 1.165) is 6.20 Å². The van der Waals surface area contributed by atoms with Gasteiger partial charge in [0.1, 0.15) is 10.7 Å². The van der Waals surface area contributed by atoms with Crippen molar-refractivity contribution in [3.63, 3.8) is 0 Å². The van der Waals surface area contributed by atoms with Gasteiger partial charge in [-0.3, -0.25) is 0 Å². The largest absolute Gasteiger partial charge is 0.378 e. The van der Waals surface area contributed by atoms with Gasteiger partial charge in [0.15, 0.2) is 0 Å². The zero-order chi connectivity index (χ0) is 10.9. The van der Waals surface area contributed by atoms with Gasteiger partial charge in [-0.15, -0.1) is 0 Å². The predicted molar refractivity (Wildman–Crippen MR) is 48.3 cm³/mol. The lowest BCUT2D eigenvalue weighted by Gasteiger charge is -2.05. The zero-order valence-electron chi connectivity index (χ0n) is 7.00. The molecule has 14 heavy (non-hydrogen) atoms. The second-order valence-electron chi connectivity index (χ2n) is 2.55. The van der Waals surface area contributed by atoms with Gasteiger partial charge in [-0.1, -0.05) is 0 Å². The first kappa shape index (κ1) is 11.0. The fraction of sp³-hybridized carbons (Fsp3) is 0.286. The van der Waals surface area contributed by atoms with E-state index in [1.807, 2.05) is 0 Å². The highest BCUT2D eigenvalue weighted by molar-refractivity contribution is 9.10. The van der Waals surface area contributed by atoms with E-state index >= 15 is 0 Å². The third kappa shape index (κ3) is 1.87. The summed E-state index contributed by atoms with van der Waals surface area (Å²) in [5.74, 6) is -0.592. The maximum Gasteiger partial charge on any atom is 0.378 e. The molecule has 1 rings (SSSR count). The third-order valence-corrected chi connectivity index (χ3v) is 2.41. The van der Waals surface area contributed by atoms with E-state index in [4.69, 9.17) is 0 Å². The molecular weight excluding hydrogens is 262 g/mol. The Morgan fingerprint density at radius 2 is 2.21 bits per heavy atom. The Hall–Kier alpha value is -1.11. The van der Waals surface area contributed by atoms with Gasteiger partial charge in [-0.05, 0) is 32.8 Å². The number of rotatable bonds is 2. The Labute approximate surface area is 86.2 Å². The van der Waals surface area contributed by atoms with Gasteiger partial charge in [0.05, 0.1) is 0 Å². The van der Waals surface area contributed by atoms with Crippen molar-refractivity contribution in [1.29, 1.82) is 0 Å². The lowest BCUT2D eigenvalue weighted by atomic mass is 10.1. The number of nitrogens with zero attached hydrogens (tertiary/aromatic N) is 2. The van der Waals surface area contributed by atoms with E-state index in [2.05, 4.69) is 20.9 Å². The van der Waals surface area contributed by atoms with Crippen molar-refractivity contribution in [3.8, 4) is 0 Å². The number of aromatic nitrogens is 1. The van der Waals surface area contributed by atoms with Crippen LogP contribution in [0.4, 0.5) is 14.6 Å². The summed E-state index contributed by atoms with van der Waals surface area (Å²) in [7, 11) is 0. The molecule has 0 atom stereocenters. The molecule has 0 unspecified atom stereocenters. The predicted octanol–water partition coefficient (Wildman–Crippen LogP) is 3.00. The zero-order valence-corrected chi connectivity index (χ0v) is 8.59. The van der Waals surface area contributed by atoms with E-state index in [-0.39, 0.29) is 15.6 Å². The molecule has 0 aliphatic rings. The molecule has 0 aliphatic carbocycles. The number of nitro groups is 1. The standard InChI is InChI=1S/C7H5BrF2N2O2/c1-3-2-11-7(12(13)14)5(8)4(3)6(9)10/h2,6H,1H3. The number of aryl methyl sites for hydroxylation is 1. The Bertz CT molecular complexity index is 384. The Balaban J connectivity index is 3.41. The van der Waals surface area contributed by atoms with Gasteiger partial charge in [-0.2, -0.15) is 0 Å². The second kappa shape index (κ2) is 3.95. The molecule has 1 aromatic heterocycles. The topological polar surface area (TPSA) is 56.0 Å². The van der Waals surface area contributed by atoms with Crippen molar-refractivity contribution in [2.45, 2.75) is 13.3 Å². The summed E-state index contributed by atoms with van der Waals surface area (Å²) in [4.78, 5) is 13.0. The van der Waals surface area contributed by atoms with Gasteiger partial charge in [0.2, 0.25) is 0 Å². The number of pyridine rings is 1. The summed E-state index contributed by atoms with van der Waals surface area (Å²) in [6.07, 6.45) is -1.70. The van der Waals surface area contributed by atoms with Crippen molar-refractivity contribution in [2.24, 2.45) is 0 Å². The molecule has 0 saturated carbocycles. The molecule has 0 spiro atoms. The molecule has 76 valence electrons. The minimum absolute atomic E-state index is 0.220. The summed E-state index contributed by atoms with van der Waals surface area (Å²) >= 11 is 2.75. The second-order valence-corrected chi connectivity index (χ2v) is 3.34. The fourth-order valence-corrected chi connectivity index (χ4v) is 1.71. The van der Waals surface area contributed by atoms with Crippen LogP contribution in [-0.2, 0) is 0 Å². The first-order valence-corrected chi connectivity index (χ1v) is 4.32. The van der Waals surface area contributed by atoms with Gasteiger partial charge in [0, 0.05) is 11.1 Å². The first-order chi connectivity index (χ1) is 6.45. The molecule has 0 N–H and O–H groups in total. The molecule has 0 radical (unpaired) electrons. The van der Waals surface area contributed by atoms with Crippen LogP contribution in [-0.4, -0.2) is 9.91 Å². The average molecular weight is 267 g/mol. The first-order valence-electron chi connectivity index (χ1n) is 3.52. The van der Waals surface area contributed by atoms with Crippen LogP contribution in [0.15, 0.2) is 10.7 Å². The van der Waals surface area contributed by atoms with Crippen LogP contribution in [0.5, 0.6) is 0 Å². The molecular formula is C7H5BrF2N2O2. The molecule has 0 bridgehead atoms. The molecule has 1 aromatic rings. The molecule has 0 saturated heterocycles. The van der Waals surface area contributed by atoms with Crippen molar-refractivity contribution in [2.75, 3.05) is 0 Å². The Kier molecular flexibility index (Phi) is 3.10. The maximum absolute atomic E-state index is 12.5. The van der Waals surface area contributed by atoms with Crippen LogP contribution in [0.2, 0.25) is 0 Å². The van der Waals surface area contributed by atoms with Crippen LogP contribution < -0.4 is 0 Å². The van der Waals surface area contributed by atoms with Gasteiger partial charge < -0.3 is 10.1 Å². The highest BCUT2D eigenvalue weighted by Crippen LogP contribution is 2.34. The van der Waals surface area contributed by atoms with Crippen LogP contribution in [0.1, 0.15) is 17.6 Å². The molecule has 4 nitrogen and oxygen atoms in total. The summed E-state index contributed by atoms with van der Waals surface area (Å²) in [5.41, 5.74) is -0.163. The lowest BCUT2D eigenvalue weighted by Crippen LogP contribution is -2.00. The van der Waals surface area contributed by atoms with Crippen LogP contribution in [0, 0.1) is 17.0 Å². The molecule has 0 aliphatic heterocycles. The van der Waals surface area contributed by atoms with E-state index in [9.17, 15) is 18.9 Å². The fourth-order valence-electron chi connectivity index (χ4n) is 0.973. The molecule has 7 heteroatoms. The number of halogens is 3. The van der Waals surface area contributed by atoms with E-state index in [1.54, 1.807) is 0 Å². The van der Waals surface area contributed by atoms with Gasteiger partial charge in [-0.25, -0.2) is 8.78 Å².